The number of anilines is 2. The maximum absolute atomic E-state index is 5.39. The van der Waals surface area contributed by atoms with Crippen molar-refractivity contribution in [3.8, 4) is 5.95 Å². The molecule has 0 bridgehead atoms. The van der Waals surface area contributed by atoms with Crippen molar-refractivity contribution in [1.29, 1.82) is 0 Å². The Bertz CT molecular complexity index is 549. The molecule has 0 aliphatic rings. The quantitative estimate of drug-likeness (QED) is 0.522. The Balaban J connectivity index is 2.31. The first-order valence-corrected chi connectivity index (χ1v) is 6.40. The molecule has 4 N–H and O–H groups in total. The summed E-state index contributed by atoms with van der Waals surface area (Å²) in [6.07, 6.45) is 4.97. The van der Waals surface area contributed by atoms with E-state index in [9.17, 15) is 0 Å². The van der Waals surface area contributed by atoms with Crippen LogP contribution in [0.3, 0.4) is 0 Å². The smallest absolute Gasteiger partial charge is 0.258 e. The average Bonchev–Trinajstić information content (AvgIpc) is 2.91. The van der Waals surface area contributed by atoms with E-state index in [4.69, 9.17) is 5.84 Å². The van der Waals surface area contributed by atoms with Gasteiger partial charge >= 0.3 is 0 Å². The third-order valence-corrected chi connectivity index (χ3v) is 2.70. The van der Waals surface area contributed by atoms with Gasteiger partial charge in [0, 0.05) is 5.54 Å². The molecule has 0 unspecified atom stereocenters. The molecule has 0 spiro atoms. The van der Waals surface area contributed by atoms with Gasteiger partial charge in [0.1, 0.15) is 12.7 Å². The topological polar surface area (TPSA) is 119 Å². The molecule has 2 aromatic rings. The summed E-state index contributed by atoms with van der Waals surface area (Å²) in [4.78, 5) is 16.5. The number of hydrogen-bond donors (Lipinski definition) is 3. The van der Waals surface area contributed by atoms with E-state index in [2.05, 4.69) is 56.5 Å². The highest BCUT2D eigenvalue weighted by Crippen LogP contribution is 2.18. The number of hydrazine groups is 1. The molecule has 9 nitrogen and oxygen atoms in total. The van der Waals surface area contributed by atoms with Crippen LogP contribution in [0.15, 0.2) is 12.7 Å². The highest BCUT2D eigenvalue weighted by atomic mass is 15.4. The molecular weight excluding hydrogens is 258 g/mol. The monoisotopic (exact) mass is 277 g/mol. The lowest BCUT2D eigenvalue weighted by molar-refractivity contribution is 0.506. The van der Waals surface area contributed by atoms with Crippen LogP contribution < -0.4 is 16.6 Å². The van der Waals surface area contributed by atoms with Crippen LogP contribution in [0.1, 0.15) is 33.6 Å². The first-order valence-electron chi connectivity index (χ1n) is 6.40. The van der Waals surface area contributed by atoms with E-state index >= 15 is 0 Å². The van der Waals surface area contributed by atoms with Crippen molar-refractivity contribution in [1.82, 2.24) is 29.7 Å². The van der Waals surface area contributed by atoms with Gasteiger partial charge in [0.15, 0.2) is 0 Å². The summed E-state index contributed by atoms with van der Waals surface area (Å²) in [6, 6.07) is 0. The highest BCUT2D eigenvalue weighted by Gasteiger charge is 2.19. The zero-order chi connectivity index (χ0) is 14.6. The van der Waals surface area contributed by atoms with Gasteiger partial charge in [-0.3, -0.25) is 5.43 Å². The fourth-order valence-electron chi connectivity index (χ4n) is 1.89. The lowest BCUT2D eigenvalue weighted by Gasteiger charge is -2.25. The second-order valence-electron chi connectivity index (χ2n) is 5.03. The summed E-state index contributed by atoms with van der Waals surface area (Å²) in [5.74, 6) is 6.44. The van der Waals surface area contributed by atoms with Crippen LogP contribution in [0.2, 0.25) is 0 Å². The number of aromatic nitrogens is 6. The standard InChI is InChI=1S/C11H19N9/c1-4-5-11(2,3)18-8-15-9(19-12)17-10(16-8)20-7-13-6-14-20/h6-7H,4-5,12H2,1-3H3,(H2,15,16,17,18,19). The summed E-state index contributed by atoms with van der Waals surface area (Å²) < 4.78 is 1.44. The van der Waals surface area contributed by atoms with E-state index in [0.29, 0.717) is 11.9 Å². The summed E-state index contributed by atoms with van der Waals surface area (Å²) >= 11 is 0. The molecule has 0 saturated heterocycles. The van der Waals surface area contributed by atoms with Crippen molar-refractivity contribution in [2.24, 2.45) is 5.84 Å². The summed E-state index contributed by atoms with van der Waals surface area (Å²) in [6.45, 7) is 6.31. The highest BCUT2D eigenvalue weighted by molar-refractivity contribution is 5.38. The van der Waals surface area contributed by atoms with Crippen molar-refractivity contribution in [3.05, 3.63) is 12.7 Å². The van der Waals surface area contributed by atoms with Gasteiger partial charge in [-0.1, -0.05) is 13.3 Å². The van der Waals surface area contributed by atoms with E-state index in [1.54, 1.807) is 0 Å². The number of nitrogen functional groups attached to an aromatic ring is 1. The lowest BCUT2D eigenvalue weighted by Crippen LogP contribution is -2.32. The fourth-order valence-corrected chi connectivity index (χ4v) is 1.89. The van der Waals surface area contributed by atoms with E-state index in [1.165, 1.54) is 17.3 Å². The molecule has 0 aromatic carbocycles. The van der Waals surface area contributed by atoms with Gasteiger partial charge in [0.05, 0.1) is 0 Å². The van der Waals surface area contributed by atoms with Crippen LogP contribution in [-0.2, 0) is 0 Å². The molecule has 0 aliphatic carbocycles. The molecule has 0 radical (unpaired) electrons. The third kappa shape index (κ3) is 3.38. The lowest BCUT2D eigenvalue weighted by atomic mass is 9.99. The second-order valence-corrected chi connectivity index (χ2v) is 5.03. The molecule has 0 fully saturated rings. The van der Waals surface area contributed by atoms with E-state index in [-0.39, 0.29) is 11.5 Å². The average molecular weight is 277 g/mol. The Kier molecular flexibility index (Phi) is 4.08. The number of nitrogens with one attached hydrogen (secondary N) is 2. The van der Waals surface area contributed by atoms with Gasteiger partial charge in [0.25, 0.3) is 5.95 Å². The van der Waals surface area contributed by atoms with Crippen LogP contribution in [0.4, 0.5) is 11.9 Å². The van der Waals surface area contributed by atoms with Crippen LogP contribution in [0.5, 0.6) is 0 Å². The van der Waals surface area contributed by atoms with Crippen LogP contribution >= 0.6 is 0 Å². The van der Waals surface area contributed by atoms with Crippen molar-refractivity contribution in [3.63, 3.8) is 0 Å². The first-order chi connectivity index (χ1) is 9.54. The zero-order valence-electron chi connectivity index (χ0n) is 11.8. The van der Waals surface area contributed by atoms with Crippen LogP contribution in [0.25, 0.3) is 5.95 Å². The SMILES string of the molecule is CCCC(C)(C)Nc1nc(NN)nc(-n2cncn2)n1. The number of nitrogens with two attached hydrogens (primary N) is 1. The van der Waals surface area contributed by atoms with Gasteiger partial charge in [-0.15, -0.1) is 0 Å². The van der Waals surface area contributed by atoms with Crippen molar-refractivity contribution >= 4 is 11.9 Å². The van der Waals surface area contributed by atoms with E-state index in [0.717, 1.165) is 12.8 Å². The Morgan fingerprint density at radius 1 is 1.25 bits per heavy atom. The maximum Gasteiger partial charge on any atom is 0.258 e. The molecule has 0 saturated carbocycles. The Labute approximate surface area is 117 Å². The number of rotatable bonds is 6. The normalized spacial score (nSPS) is 11.4. The minimum absolute atomic E-state index is 0.123. The molecule has 0 atom stereocenters. The molecule has 2 heterocycles. The van der Waals surface area contributed by atoms with Gasteiger partial charge in [-0.05, 0) is 20.3 Å². The predicted octanol–water partition coefficient (Wildman–Crippen LogP) is 0.728. The van der Waals surface area contributed by atoms with Crippen molar-refractivity contribution in [2.45, 2.75) is 39.2 Å². The van der Waals surface area contributed by atoms with Gasteiger partial charge in [-0.25, -0.2) is 10.8 Å². The predicted molar refractivity (Wildman–Crippen MR) is 75.2 cm³/mol. The van der Waals surface area contributed by atoms with Crippen molar-refractivity contribution in [2.75, 3.05) is 10.7 Å². The number of nitrogens with zero attached hydrogens (tertiary/aromatic N) is 6. The molecule has 2 rings (SSSR count). The van der Waals surface area contributed by atoms with E-state index in [1.807, 2.05) is 0 Å². The van der Waals surface area contributed by atoms with Crippen molar-refractivity contribution < 1.29 is 0 Å². The third-order valence-electron chi connectivity index (χ3n) is 2.70. The maximum atomic E-state index is 5.39. The second kappa shape index (κ2) is 5.78. The van der Waals surface area contributed by atoms with Crippen LogP contribution in [-0.4, -0.2) is 35.3 Å². The summed E-state index contributed by atoms with van der Waals surface area (Å²) in [5.41, 5.74) is 2.30. The Morgan fingerprint density at radius 3 is 2.60 bits per heavy atom. The zero-order valence-corrected chi connectivity index (χ0v) is 11.8. The molecule has 9 heteroatoms. The Hall–Kier alpha value is -2.29. The molecule has 0 amide bonds. The number of hydrogen-bond acceptors (Lipinski definition) is 8. The fraction of sp³-hybridized carbons (Fsp3) is 0.545. The largest absolute Gasteiger partial charge is 0.349 e. The summed E-state index contributed by atoms with van der Waals surface area (Å²) in [7, 11) is 0. The Morgan fingerprint density at radius 2 is 2.00 bits per heavy atom. The summed E-state index contributed by atoms with van der Waals surface area (Å²) in [5, 5.41) is 7.27. The molecular formula is C11H19N9. The molecule has 20 heavy (non-hydrogen) atoms. The molecule has 2 aromatic heterocycles. The van der Waals surface area contributed by atoms with E-state index < -0.39 is 0 Å². The minimum atomic E-state index is -0.123. The first kappa shape index (κ1) is 14.1. The van der Waals surface area contributed by atoms with Gasteiger partial charge in [0.2, 0.25) is 11.9 Å². The van der Waals surface area contributed by atoms with Gasteiger partial charge in [-0.2, -0.15) is 24.7 Å². The van der Waals surface area contributed by atoms with Gasteiger partial charge < -0.3 is 5.32 Å². The molecule has 108 valence electrons. The van der Waals surface area contributed by atoms with Crippen LogP contribution in [0, 0.1) is 0 Å². The minimum Gasteiger partial charge on any atom is -0.349 e. The molecule has 0 aliphatic heterocycles.